The average Bonchev–Trinajstić information content (AvgIpc) is 3.66. The molecule has 4 rings (SSSR count). The first-order valence-electron chi connectivity index (χ1n) is 14.7. The van der Waals surface area contributed by atoms with Crippen molar-refractivity contribution in [3.05, 3.63) is 46.5 Å². The number of ether oxygens (including phenoxy) is 5. The molecule has 1 aromatic rings. The summed E-state index contributed by atoms with van der Waals surface area (Å²) < 4.78 is 28.8. The van der Waals surface area contributed by atoms with Crippen molar-refractivity contribution in [3.8, 4) is 5.75 Å². The summed E-state index contributed by atoms with van der Waals surface area (Å²) in [4.78, 5) is 40.7. The van der Waals surface area contributed by atoms with E-state index in [4.69, 9.17) is 35.3 Å². The van der Waals surface area contributed by atoms with Crippen LogP contribution >= 0.6 is 11.6 Å². The fourth-order valence-electron chi connectivity index (χ4n) is 5.88. The summed E-state index contributed by atoms with van der Waals surface area (Å²) >= 11 is 6.68. The lowest BCUT2D eigenvalue weighted by atomic mass is 9.83. The molecule has 1 unspecified atom stereocenters. The molecule has 242 valence electrons. The zero-order valence-electron chi connectivity index (χ0n) is 26.5. The molecule has 4 bridgehead atoms. The van der Waals surface area contributed by atoms with Crippen LogP contribution in [0.15, 0.2) is 35.9 Å². The number of fused-ring (bicyclic) bond motifs is 5. The number of allylic oxidation sites excluding steroid dienone is 3. The van der Waals surface area contributed by atoms with Gasteiger partial charge >= 0.3 is 12.1 Å². The van der Waals surface area contributed by atoms with Crippen LogP contribution in [0.4, 0.5) is 10.5 Å². The number of hydrogen-bond acceptors (Lipinski definition) is 9. The maximum Gasteiger partial charge on any atom is 0.409 e. The SMILES string of the molecule is COc1cc2cc(c1Cl)N(C)C(=O)C[C@H](OC(=O)C(C)C)[C@]1(C)O[C@H]1C(C)[C@@H]1C[C@@](O)(NC(=O)O1)[C@H](OC)/C=C/C=C(\C)C2. The Kier molecular flexibility index (Phi) is 10.0. The number of epoxide rings is 1. The Balaban J connectivity index is 1.80. The van der Waals surface area contributed by atoms with E-state index >= 15 is 0 Å². The lowest BCUT2D eigenvalue weighted by molar-refractivity contribution is -0.157. The summed E-state index contributed by atoms with van der Waals surface area (Å²) in [6.45, 7) is 8.95. The van der Waals surface area contributed by atoms with E-state index in [1.165, 1.54) is 19.1 Å². The van der Waals surface area contributed by atoms with E-state index < -0.39 is 59.6 Å². The molecule has 0 saturated carbocycles. The molecule has 2 fully saturated rings. The molecule has 1 aromatic carbocycles. The Morgan fingerprint density at radius 2 is 1.95 bits per heavy atom. The second-order valence-corrected chi connectivity index (χ2v) is 12.8. The highest BCUT2D eigenvalue weighted by molar-refractivity contribution is 6.35. The minimum Gasteiger partial charge on any atom is -0.495 e. The van der Waals surface area contributed by atoms with E-state index in [9.17, 15) is 19.5 Å². The van der Waals surface area contributed by atoms with Crippen molar-refractivity contribution in [3.63, 3.8) is 0 Å². The van der Waals surface area contributed by atoms with Crippen molar-refractivity contribution in [2.24, 2.45) is 11.8 Å². The van der Waals surface area contributed by atoms with Gasteiger partial charge in [-0.1, -0.05) is 56.2 Å². The summed E-state index contributed by atoms with van der Waals surface area (Å²) in [5.41, 5.74) is -0.587. The number of carbonyl (C=O) groups is 3. The number of esters is 1. The standard InChI is InChI=1S/C32H43ClN2O9/c1-17(2)29(37)43-25-15-26(36)35(6)21-13-20(14-22(40-7)27(21)33)12-18(3)10-9-11-24(41-8)32(39)16-23(42-30(38)34-32)19(4)28-31(25,5)44-28/h9-11,13-14,17,19,23-25,28,39H,12,15-16H2,1-8H3,(H,34,38)/b11-9+,18-10+/t19?,23-,24+,25-,28-,31-,32-/m0/s1. The van der Waals surface area contributed by atoms with Gasteiger partial charge in [0.2, 0.25) is 5.91 Å². The van der Waals surface area contributed by atoms with E-state index in [1.54, 1.807) is 40.0 Å². The Labute approximate surface area is 263 Å². The number of amides is 2. The molecule has 12 heteroatoms. The first-order valence-corrected chi connectivity index (χ1v) is 15.1. The molecule has 2 amide bonds. The van der Waals surface area contributed by atoms with Crippen LogP contribution in [-0.2, 0) is 35.0 Å². The number of hydrogen-bond donors (Lipinski definition) is 2. The van der Waals surface area contributed by atoms with Crippen molar-refractivity contribution < 1.29 is 43.2 Å². The van der Waals surface area contributed by atoms with Gasteiger partial charge in [0.1, 0.15) is 34.7 Å². The number of nitrogens with zero attached hydrogens (tertiary/aromatic N) is 1. The highest BCUT2D eigenvalue weighted by atomic mass is 35.5. The predicted molar refractivity (Wildman–Crippen MR) is 164 cm³/mol. The molecule has 11 nitrogen and oxygen atoms in total. The largest absolute Gasteiger partial charge is 0.495 e. The molecule has 2 N–H and O–H groups in total. The topological polar surface area (TPSA) is 136 Å². The maximum absolute atomic E-state index is 13.8. The van der Waals surface area contributed by atoms with Gasteiger partial charge < -0.3 is 33.7 Å². The summed E-state index contributed by atoms with van der Waals surface area (Å²) in [5, 5.41) is 14.4. The molecular formula is C32H43ClN2O9. The van der Waals surface area contributed by atoms with Crippen LogP contribution in [0.25, 0.3) is 0 Å². The maximum atomic E-state index is 13.8. The van der Waals surface area contributed by atoms with Crippen LogP contribution in [0.2, 0.25) is 5.02 Å². The second kappa shape index (κ2) is 13.1. The molecule has 0 spiro atoms. The molecule has 7 atom stereocenters. The number of carbonyl (C=O) groups excluding carboxylic acids is 3. The van der Waals surface area contributed by atoms with E-state index in [0.717, 1.165) is 11.1 Å². The number of halogens is 1. The quantitative estimate of drug-likeness (QED) is 0.366. The number of alkyl carbamates (subject to hydrolysis) is 1. The molecule has 0 aliphatic carbocycles. The summed E-state index contributed by atoms with van der Waals surface area (Å²) in [6.07, 6.45) is 1.65. The van der Waals surface area contributed by atoms with Crippen LogP contribution in [-0.4, -0.2) is 80.1 Å². The van der Waals surface area contributed by atoms with Gasteiger partial charge in [0.15, 0.2) is 5.72 Å². The van der Waals surface area contributed by atoms with Gasteiger partial charge in [0, 0.05) is 26.5 Å². The van der Waals surface area contributed by atoms with Crippen molar-refractivity contribution in [1.29, 1.82) is 0 Å². The van der Waals surface area contributed by atoms with Crippen LogP contribution in [0.1, 0.15) is 53.0 Å². The average molecular weight is 635 g/mol. The van der Waals surface area contributed by atoms with Gasteiger partial charge in [-0.15, -0.1) is 0 Å². The Bertz CT molecular complexity index is 1350. The van der Waals surface area contributed by atoms with Gasteiger partial charge in [-0.2, -0.15) is 0 Å². The lowest BCUT2D eigenvalue weighted by Gasteiger charge is -2.42. The normalized spacial score (nSPS) is 34.7. The van der Waals surface area contributed by atoms with E-state index in [0.29, 0.717) is 17.9 Å². The number of aliphatic hydroxyl groups is 1. The molecule has 3 aliphatic heterocycles. The minimum absolute atomic E-state index is 0.00361. The van der Waals surface area contributed by atoms with E-state index in [1.807, 2.05) is 32.1 Å². The zero-order chi connectivity index (χ0) is 32.6. The van der Waals surface area contributed by atoms with E-state index in [-0.39, 0.29) is 23.8 Å². The Hall–Kier alpha value is -3.12. The van der Waals surface area contributed by atoms with Crippen LogP contribution < -0.4 is 15.0 Å². The first-order chi connectivity index (χ1) is 20.6. The molecule has 2 saturated heterocycles. The summed E-state index contributed by atoms with van der Waals surface area (Å²) in [6, 6.07) is 3.63. The van der Waals surface area contributed by atoms with Crippen LogP contribution in [0.5, 0.6) is 5.75 Å². The predicted octanol–water partition coefficient (Wildman–Crippen LogP) is 4.32. The molecule has 0 aromatic heterocycles. The zero-order valence-corrected chi connectivity index (χ0v) is 27.3. The number of anilines is 1. The molecule has 44 heavy (non-hydrogen) atoms. The summed E-state index contributed by atoms with van der Waals surface area (Å²) in [5.74, 6) is -1.30. The van der Waals surface area contributed by atoms with Gasteiger partial charge in [-0.3, -0.25) is 14.9 Å². The number of benzene rings is 1. The third kappa shape index (κ3) is 6.91. The second-order valence-electron chi connectivity index (χ2n) is 12.4. The van der Waals surface area contributed by atoms with Crippen molar-refractivity contribution in [1.82, 2.24) is 5.32 Å². The van der Waals surface area contributed by atoms with Gasteiger partial charge in [0.05, 0.1) is 31.2 Å². The molecule has 0 radical (unpaired) electrons. The van der Waals surface area contributed by atoms with E-state index in [2.05, 4.69) is 5.32 Å². The summed E-state index contributed by atoms with van der Waals surface area (Å²) in [7, 11) is 4.56. The molecular weight excluding hydrogens is 592 g/mol. The number of methoxy groups -OCH3 is 2. The molecule has 3 aliphatic rings. The minimum atomic E-state index is -1.77. The highest BCUT2D eigenvalue weighted by Crippen LogP contribution is 2.49. The molecule has 3 heterocycles. The fourth-order valence-corrected chi connectivity index (χ4v) is 6.19. The monoisotopic (exact) mass is 634 g/mol. The Morgan fingerprint density at radius 3 is 2.59 bits per heavy atom. The van der Waals surface area contributed by atoms with Crippen molar-refractivity contribution >= 4 is 35.3 Å². The van der Waals surface area contributed by atoms with Gasteiger partial charge in [-0.25, -0.2) is 4.79 Å². The first kappa shape index (κ1) is 33.8. The Morgan fingerprint density at radius 1 is 1.25 bits per heavy atom. The van der Waals surface area contributed by atoms with Crippen molar-refractivity contribution in [2.45, 2.75) is 89.6 Å². The number of rotatable bonds is 4. The van der Waals surface area contributed by atoms with Gasteiger partial charge in [-0.05, 0) is 38.0 Å². The fraction of sp³-hybridized carbons (Fsp3) is 0.594. The van der Waals surface area contributed by atoms with Crippen molar-refractivity contribution in [2.75, 3.05) is 26.2 Å². The van der Waals surface area contributed by atoms with Crippen LogP contribution in [0, 0.1) is 11.8 Å². The third-order valence-electron chi connectivity index (χ3n) is 8.68. The lowest BCUT2D eigenvalue weighted by Crippen LogP contribution is -2.63. The smallest absolute Gasteiger partial charge is 0.409 e. The third-order valence-corrected chi connectivity index (χ3v) is 9.06. The van der Waals surface area contributed by atoms with Crippen LogP contribution in [0.3, 0.4) is 0 Å². The number of nitrogens with one attached hydrogen (secondary N) is 1. The van der Waals surface area contributed by atoms with Gasteiger partial charge in [0.25, 0.3) is 0 Å². The highest BCUT2D eigenvalue weighted by Gasteiger charge is 2.64.